The molecule has 0 amide bonds. The zero-order valence-corrected chi connectivity index (χ0v) is 25.1. The van der Waals surface area contributed by atoms with Crippen molar-refractivity contribution in [2.75, 3.05) is 0 Å². The topological polar surface area (TPSA) is 0 Å². The molecule has 191 valence electrons. The van der Waals surface area contributed by atoms with E-state index >= 15 is 0 Å². The van der Waals surface area contributed by atoms with Crippen molar-refractivity contribution in [1.82, 2.24) is 0 Å². The van der Waals surface area contributed by atoms with Gasteiger partial charge in [0.15, 0.2) is 0 Å². The molecular weight excluding hydrogens is 633 g/mol. The second-order valence-electron chi connectivity index (χ2n) is 15.6. The molecule has 0 saturated carbocycles. The fourth-order valence-corrected chi connectivity index (χ4v) is 139. The first kappa shape index (κ1) is 19.1. The summed E-state index contributed by atoms with van der Waals surface area (Å²) in [7, 11) is -0.770. The van der Waals surface area contributed by atoms with Crippen LogP contribution in [0.2, 0.25) is 36.5 Å². The van der Waals surface area contributed by atoms with Crippen molar-refractivity contribution in [3.8, 4) is 0 Å². The van der Waals surface area contributed by atoms with Gasteiger partial charge in [-0.3, -0.25) is 0 Å². The Kier molecular flexibility index (Phi) is 1.51. The molecule has 4 heteroatoms. The normalized spacial score (nSPS) is 63.7. The zero-order valence-electron chi connectivity index (χ0n) is 20.7. The van der Waals surface area contributed by atoms with E-state index in [1.54, 1.807) is 21.2 Å². The van der Waals surface area contributed by atoms with Crippen LogP contribution in [0.15, 0.2) is 121 Å². The van der Waals surface area contributed by atoms with Gasteiger partial charge in [-0.25, -0.2) is 0 Å². The number of rotatable bonds is 6. The minimum absolute atomic E-state index is 0.370. The van der Waals surface area contributed by atoms with Gasteiger partial charge in [0.2, 0.25) is 0 Å². The second-order valence-corrected chi connectivity index (χ2v) is 46.0. The van der Waals surface area contributed by atoms with Gasteiger partial charge in [0.05, 0.1) is 0 Å². The van der Waals surface area contributed by atoms with Crippen molar-refractivity contribution in [3.05, 3.63) is 121 Å². The summed E-state index contributed by atoms with van der Waals surface area (Å²) in [4.78, 5) is 8.45. The van der Waals surface area contributed by atoms with Gasteiger partial charge in [0.25, 0.3) is 0 Å². The molecule has 38 heavy (non-hydrogen) atoms. The molecule has 4 aromatic rings. The zero-order chi connectivity index (χ0) is 24.5. The Morgan fingerprint density at radius 3 is 1.13 bits per heavy atom. The van der Waals surface area contributed by atoms with E-state index in [1.807, 2.05) is 0 Å². The van der Waals surface area contributed by atoms with Crippen LogP contribution in [-0.4, -0.2) is 8.11 Å². The fourth-order valence-electron chi connectivity index (χ4n) is 20.8. The molecule has 14 rings (SSSR count). The van der Waals surface area contributed by atoms with Crippen LogP contribution in [0.4, 0.5) is 0 Å². The van der Waals surface area contributed by atoms with Crippen molar-refractivity contribution >= 4 is 37.1 Å². The Labute approximate surface area is 227 Å². The van der Waals surface area contributed by atoms with Crippen molar-refractivity contribution in [2.24, 2.45) is 0 Å². The van der Waals surface area contributed by atoms with E-state index in [2.05, 4.69) is 141 Å². The molecule has 0 aromatic heterocycles. The molecular formula is C34H27FeP2Pd. The molecule has 1 spiro atoms. The van der Waals surface area contributed by atoms with Crippen LogP contribution in [-0.2, 0) is 25.7 Å². The summed E-state index contributed by atoms with van der Waals surface area (Å²) >= 11 is 4.56. The van der Waals surface area contributed by atoms with Crippen molar-refractivity contribution < 1.29 is 25.7 Å². The van der Waals surface area contributed by atoms with Crippen LogP contribution in [0.3, 0.4) is 0 Å². The van der Waals surface area contributed by atoms with Crippen LogP contribution in [0.1, 0.15) is 0 Å². The van der Waals surface area contributed by atoms with Gasteiger partial charge in [-0.05, 0) is 0 Å². The van der Waals surface area contributed by atoms with E-state index in [-0.39, 0.29) is 7.92 Å². The second kappa shape index (κ2) is 3.00. The molecule has 0 aliphatic carbocycles. The Bertz CT molecular complexity index is 2130. The first-order valence-corrected chi connectivity index (χ1v) is 23.8. The van der Waals surface area contributed by atoms with Gasteiger partial charge in [-0.1, -0.05) is 0 Å². The molecule has 10 saturated heterocycles. The first-order chi connectivity index (χ1) is 18.5. The first-order valence-electron chi connectivity index (χ1n) is 14.2. The monoisotopic (exact) mass is 659 g/mol. The average molecular weight is 660 g/mol. The Morgan fingerprint density at radius 2 is 0.816 bits per heavy atom. The van der Waals surface area contributed by atoms with E-state index in [4.69, 9.17) is 0 Å². The third-order valence-electron chi connectivity index (χ3n) is 19.3. The molecule has 5 atom stereocenters. The Hall–Kier alpha value is -1.08. The summed E-state index contributed by atoms with van der Waals surface area (Å²) in [6, 6.07) is 48.0. The average Bonchev–Trinajstić information content (AvgIpc) is 3.94. The summed E-state index contributed by atoms with van der Waals surface area (Å²) in [6.45, 7) is -4.05. The quantitative estimate of drug-likeness (QED) is 0.150. The van der Waals surface area contributed by atoms with Crippen LogP contribution in [0.25, 0.3) is 0 Å². The van der Waals surface area contributed by atoms with Gasteiger partial charge >= 0.3 is 229 Å². The fraction of sp³-hybridized carbons (Fsp3) is 0.294. The number of hydrogen-bond acceptors (Lipinski definition) is 0. The molecule has 0 N–H and O–H groups in total. The molecule has 10 aliphatic rings. The van der Waals surface area contributed by atoms with Crippen molar-refractivity contribution in [2.45, 2.75) is 44.6 Å². The Morgan fingerprint density at radius 1 is 0.474 bits per heavy atom. The molecule has 10 aliphatic heterocycles. The predicted octanol–water partition coefficient (Wildman–Crippen LogP) is 7.33. The van der Waals surface area contributed by atoms with Gasteiger partial charge in [0.1, 0.15) is 0 Å². The molecule has 0 nitrogen and oxygen atoms in total. The molecule has 10 heterocycles. The van der Waals surface area contributed by atoms with E-state index < -0.39 is 14.4 Å². The minimum atomic E-state index is -4.05. The maximum absolute atomic E-state index is 4.56. The maximum atomic E-state index is 4.56. The number of fused-ring (bicyclic) bond motifs is 10. The van der Waals surface area contributed by atoms with Gasteiger partial charge in [-0.15, -0.1) is 0 Å². The van der Waals surface area contributed by atoms with Gasteiger partial charge < -0.3 is 0 Å². The molecule has 0 bridgehead atoms. The van der Waals surface area contributed by atoms with Gasteiger partial charge in [-0.2, -0.15) is 0 Å². The SMILES string of the molecule is [Pd][C]12[CH]3[CH]4[C]5(P(c6ccccc6)c6ccccc6)[C]1(P(c1ccccc1)c1ccccc1)[Fe]34251678[CH]2[CH]1[CH]6[CH]7[CH]28. The van der Waals surface area contributed by atoms with Crippen LogP contribution in [0.5, 0.6) is 0 Å². The van der Waals surface area contributed by atoms with Crippen molar-refractivity contribution in [1.29, 1.82) is 0 Å². The molecule has 0 radical (unpaired) electrons. The van der Waals surface area contributed by atoms with E-state index in [0.29, 0.717) is 10.9 Å². The standard InChI is InChI=1S/C29H22P2.C5H5.Fe.Pd/c1-5-14-24(15-6-1)30(25-16-7-2-8-17-25)28-22-13-23-29(28)31(26-18-9-3-10-19-26)27-20-11-4-12-21-27;1-2-4-5-3-1;;/h1-22H;1-5H;;. The third-order valence-corrected chi connectivity index (χ3v) is 83.4. The summed E-state index contributed by atoms with van der Waals surface area (Å²) in [5.41, 5.74) is 0. The summed E-state index contributed by atoms with van der Waals surface area (Å²) < 4.78 is 1.89. The summed E-state index contributed by atoms with van der Waals surface area (Å²) in [6.07, 6.45) is 0. The summed E-state index contributed by atoms with van der Waals surface area (Å²) in [5.74, 6) is 0. The van der Waals surface area contributed by atoms with E-state index in [1.165, 1.54) is 33.7 Å². The number of hydrogen-bond donors (Lipinski definition) is 0. The molecule has 10 fully saturated rings. The number of benzene rings is 4. The van der Waals surface area contributed by atoms with Crippen LogP contribution < -0.4 is 21.2 Å². The van der Waals surface area contributed by atoms with E-state index in [0.717, 1.165) is 0 Å². The summed E-state index contributed by atoms with van der Waals surface area (Å²) in [5, 5.41) is 6.75. The Balaban J connectivity index is 1.19. The van der Waals surface area contributed by atoms with Crippen molar-refractivity contribution in [3.63, 3.8) is 0 Å². The predicted molar refractivity (Wildman–Crippen MR) is 153 cm³/mol. The molecule has 4 aromatic carbocycles. The van der Waals surface area contributed by atoms with E-state index in [9.17, 15) is 0 Å². The molecule has 5 unspecified atom stereocenters. The third kappa shape index (κ3) is 0.447. The van der Waals surface area contributed by atoms with Crippen LogP contribution >= 0.6 is 15.8 Å². The van der Waals surface area contributed by atoms with Crippen LogP contribution in [0, 0.1) is 0 Å². The van der Waals surface area contributed by atoms with Gasteiger partial charge in [0, 0.05) is 0 Å².